The first-order valence-corrected chi connectivity index (χ1v) is 8.85. The van der Waals surface area contributed by atoms with Crippen molar-refractivity contribution in [3.05, 3.63) is 12.2 Å². The summed E-state index contributed by atoms with van der Waals surface area (Å²) in [5, 5.41) is 0. The van der Waals surface area contributed by atoms with Crippen LogP contribution in [-0.4, -0.2) is 24.3 Å². The Balaban J connectivity index is 1.29. The molecule has 0 aromatic rings. The molecular weight excluding hydrogens is 264 g/mol. The molecule has 114 valence electrons. The van der Waals surface area contributed by atoms with Crippen molar-refractivity contribution in [1.82, 2.24) is 0 Å². The lowest BCUT2D eigenvalue weighted by Gasteiger charge is -2.33. The van der Waals surface area contributed by atoms with Crippen LogP contribution in [-0.2, 0) is 14.3 Å². The van der Waals surface area contributed by atoms with Crippen molar-refractivity contribution in [3.63, 3.8) is 0 Å². The number of carbonyl (C=O) groups is 1. The number of hydrogen-bond acceptors (Lipinski definition) is 3. The van der Waals surface area contributed by atoms with Crippen LogP contribution in [0.2, 0.25) is 0 Å². The van der Waals surface area contributed by atoms with Crippen molar-refractivity contribution in [2.45, 2.75) is 63.3 Å². The van der Waals surface area contributed by atoms with Gasteiger partial charge < -0.3 is 9.47 Å². The lowest BCUT2D eigenvalue weighted by Crippen LogP contribution is -2.40. The van der Waals surface area contributed by atoms with Crippen molar-refractivity contribution in [2.75, 3.05) is 0 Å². The number of ether oxygens (including phenoxy) is 2. The van der Waals surface area contributed by atoms with Gasteiger partial charge in [-0.25, -0.2) is 0 Å². The third kappa shape index (κ3) is 1.79. The summed E-state index contributed by atoms with van der Waals surface area (Å²) in [5.74, 6) is 2.75. The Bertz CT molecular complexity index is 479. The molecule has 0 aromatic carbocycles. The Hall–Kier alpha value is -0.830. The molecule has 3 aliphatic carbocycles. The second-order valence-corrected chi connectivity index (χ2v) is 7.78. The number of fused-ring (bicyclic) bond motifs is 9. The monoisotopic (exact) mass is 288 g/mol. The molecule has 2 heterocycles. The number of esters is 1. The average molecular weight is 288 g/mol. The molecule has 5 aliphatic rings. The van der Waals surface area contributed by atoms with Gasteiger partial charge >= 0.3 is 5.97 Å². The second kappa shape index (κ2) is 4.58. The van der Waals surface area contributed by atoms with Crippen LogP contribution in [0, 0.1) is 29.6 Å². The summed E-state index contributed by atoms with van der Waals surface area (Å²) >= 11 is 0. The second-order valence-electron chi connectivity index (χ2n) is 7.78. The minimum atomic E-state index is 0.0194. The fourth-order valence-corrected chi connectivity index (χ4v) is 5.89. The van der Waals surface area contributed by atoms with Crippen LogP contribution in [0.25, 0.3) is 0 Å². The van der Waals surface area contributed by atoms with Crippen LogP contribution in [0.1, 0.15) is 44.9 Å². The van der Waals surface area contributed by atoms with Gasteiger partial charge in [-0.2, -0.15) is 0 Å². The summed E-state index contributed by atoms with van der Waals surface area (Å²) in [6, 6.07) is 0. The summed E-state index contributed by atoms with van der Waals surface area (Å²) in [5.41, 5.74) is 0. The molecule has 0 spiro atoms. The van der Waals surface area contributed by atoms with Crippen LogP contribution >= 0.6 is 0 Å². The zero-order chi connectivity index (χ0) is 14.0. The van der Waals surface area contributed by atoms with Gasteiger partial charge in [-0.15, -0.1) is 0 Å². The van der Waals surface area contributed by atoms with E-state index in [1.165, 1.54) is 25.7 Å². The van der Waals surface area contributed by atoms with Gasteiger partial charge in [0.2, 0.25) is 0 Å². The van der Waals surface area contributed by atoms with Crippen LogP contribution in [0.5, 0.6) is 0 Å². The highest BCUT2D eigenvalue weighted by atomic mass is 16.6. The topological polar surface area (TPSA) is 35.5 Å². The van der Waals surface area contributed by atoms with E-state index in [9.17, 15) is 4.79 Å². The first-order valence-electron chi connectivity index (χ1n) is 8.85. The molecule has 0 radical (unpaired) electrons. The zero-order valence-electron chi connectivity index (χ0n) is 12.4. The van der Waals surface area contributed by atoms with E-state index in [2.05, 4.69) is 12.2 Å². The van der Waals surface area contributed by atoms with Gasteiger partial charge in [-0.05, 0) is 62.2 Å². The van der Waals surface area contributed by atoms with Crippen LogP contribution in [0.3, 0.4) is 0 Å². The molecule has 0 aromatic heterocycles. The van der Waals surface area contributed by atoms with Crippen molar-refractivity contribution in [1.29, 1.82) is 0 Å². The first kappa shape index (κ1) is 12.7. The van der Waals surface area contributed by atoms with Gasteiger partial charge in [0, 0.05) is 0 Å². The van der Waals surface area contributed by atoms with Gasteiger partial charge in [-0.1, -0.05) is 18.6 Å². The number of carbonyl (C=O) groups excluding carboxylic acids is 1. The number of rotatable bonds is 2. The molecule has 0 amide bonds. The predicted octanol–water partition coefficient (Wildman–Crippen LogP) is 3.09. The smallest absolute Gasteiger partial charge is 0.311 e. The molecule has 3 nitrogen and oxygen atoms in total. The van der Waals surface area contributed by atoms with E-state index < -0.39 is 0 Å². The third-order valence-electron chi connectivity index (χ3n) is 6.74. The maximum Gasteiger partial charge on any atom is 0.311 e. The maximum atomic E-state index is 12.6. The summed E-state index contributed by atoms with van der Waals surface area (Å²) in [4.78, 5) is 12.6. The fourth-order valence-electron chi connectivity index (χ4n) is 5.89. The minimum absolute atomic E-state index is 0.0194. The molecule has 2 saturated heterocycles. The highest BCUT2D eigenvalue weighted by molar-refractivity contribution is 5.74. The Morgan fingerprint density at radius 2 is 1.76 bits per heavy atom. The average Bonchev–Trinajstić information content (AvgIpc) is 3.26. The highest BCUT2D eigenvalue weighted by Crippen LogP contribution is 2.61. The fraction of sp³-hybridized carbons (Fsp3) is 0.833. The van der Waals surface area contributed by atoms with E-state index in [4.69, 9.17) is 9.47 Å². The van der Waals surface area contributed by atoms with E-state index in [1.807, 2.05) is 0 Å². The molecule has 4 fully saturated rings. The van der Waals surface area contributed by atoms with Crippen LogP contribution in [0.15, 0.2) is 12.2 Å². The molecule has 3 heteroatoms. The lowest BCUT2D eigenvalue weighted by atomic mass is 9.69. The molecule has 21 heavy (non-hydrogen) atoms. The maximum absolute atomic E-state index is 12.6. The SMILES string of the molecule is O=C(OC1CCCCC1)C1CC2OC1C1C3C=CC(C3)C21. The van der Waals surface area contributed by atoms with Gasteiger partial charge in [0.1, 0.15) is 6.10 Å². The Kier molecular flexibility index (Phi) is 2.77. The predicted molar refractivity (Wildman–Crippen MR) is 77.5 cm³/mol. The molecule has 4 bridgehead atoms. The van der Waals surface area contributed by atoms with Crippen LogP contribution in [0.4, 0.5) is 0 Å². The standard InChI is InChI=1S/C18H24O3/c19-18(20-12-4-2-1-3-5-12)13-9-14-15-10-6-7-11(8-10)16(15)17(13)21-14/h6-7,10-17H,1-5,8-9H2. The van der Waals surface area contributed by atoms with E-state index in [1.54, 1.807) is 0 Å². The molecule has 2 aliphatic heterocycles. The zero-order valence-corrected chi connectivity index (χ0v) is 12.4. The quantitative estimate of drug-likeness (QED) is 0.578. The molecular formula is C18H24O3. The minimum Gasteiger partial charge on any atom is -0.462 e. The summed E-state index contributed by atoms with van der Waals surface area (Å²) < 4.78 is 12.0. The van der Waals surface area contributed by atoms with E-state index in [0.717, 1.165) is 25.2 Å². The molecule has 2 saturated carbocycles. The third-order valence-corrected chi connectivity index (χ3v) is 6.74. The van der Waals surface area contributed by atoms with Crippen LogP contribution < -0.4 is 0 Å². The van der Waals surface area contributed by atoms with E-state index in [0.29, 0.717) is 23.9 Å². The largest absolute Gasteiger partial charge is 0.462 e. The van der Waals surface area contributed by atoms with Gasteiger partial charge in [-0.3, -0.25) is 4.79 Å². The Morgan fingerprint density at radius 3 is 2.57 bits per heavy atom. The summed E-state index contributed by atoms with van der Waals surface area (Å²) in [6.45, 7) is 0. The van der Waals surface area contributed by atoms with Crippen molar-refractivity contribution in [2.24, 2.45) is 29.6 Å². The molecule has 7 atom stereocenters. The normalized spacial score (nSPS) is 50.6. The first-order chi connectivity index (χ1) is 10.3. The molecule has 0 N–H and O–H groups in total. The highest BCUT2D eigenvalue weighted by Gasteiger charge is 2.64. The Labute approximate surface area is 126 Å². The van der Waals surface area contributed by atoms with Gasteiger partial charge in [0.05, 0.1) is 18.1 Å². The molecule has 5 rings (SSSR count). The van der Waals surface area contributed by atoms with Gasteiger partial charge in [0.15, 0.2) is 0 Å². The van der Waals surface area contributed by atoms with Crippen molar-refractivity contribution >= 4 is 5.97 Å². The number of allylic oxidation sites excluding steroid dienone is 2. The van der Waals surface area contributed by atoms with Crippen molar-refractivity contribution < 1.29 is 14.3 Å². The summed E-state index contributed by atoms with van der Waals surface area (Å²) in [6.07, 6.45) is 13.5. The molecule has 7 unspecified atom stereocenters. The van der Waals surface area contributed by atoms with E-state index >= 15 is 0 Å². The summed E-state index contributed by atoms with van der Waals surface area (Å²) in [7, 11) is 0. The lowest BCUT2D eigenvalue weighted by molar-refractivity contribution is -0.158. The Morgan fingerprint density at radius 1 is 1.00 bits per heavy atom. The van der Waals surface area contributed by atoms with E-state index in [-0.39, 0.29) is 24.1 Å². The van der Waals surface area contributed by atoms with Gasteiger partial charge in [0.25, 0.3) is 0 Å². The van der Waals surface area contributed by atoms with Crippen molar-refractivity contribution in [3.8, 4) is 0 Å². The number of hydrogen-bond donors (Lipinski definition) is 0.